The van der Waals surface area contributed by atoms with E-state index in [9.17, 15) is 18.0 Å². The zero-order chi connectivity index (χ0) is 11.4. The molecule has 0 unspecified atom stereocenters. The van der Waals surface area contributed by atoms with Crippen molar-refractivity contribution in [2.24, 2.45) is 0 Å². The van der Waals surface area contributed by atoms with Crippen LogP contribution in [-0.4, -0.2) is 24.4 Å². The number of nitrogens with one attached hydrogen (secondary N) is 1. The van der Waals surface area contributed by atoms with Crippen molar-refractivity contribution in [2.75, 3.05) is 6.61 Å². The summed E-state index contributed by atoms with van der Waals surface area (Å²) in [4.78, 5) is 10.8. The van der Waals surface area contributed by atoms with Crippen LogP contribution >= 0.6 is 0 Å². The average Bonchev–Trinajstić information content (AvgIpc) is 1.99. The van der Waals surface area contributed by atoms with E-state index in [4.69, 9.17) is 0 Å². The number of carbonyl (C=O) groups is 1. The van der Waals surface area contributed by atoms with Gasteiger partial charge in [-0.15, -0.1) is 0 Å². The molecule has 0 aliphatic heterocycles. The highest BCUT2D eigenvalue weighted by Gasteiger charge is 2.30. The Hall–Kier alpha value is -0.940. The molecule has 0 aromatic heterocycles. The van der Waals surface area contributed by atoms with Gasteiger partial charge in [0.15, 0.2) is 6.61 Å². The fourth-order valence-corrected chi connectivity index (χ4v) is 0.548. The van der Waals surface area contributed by atoms with Gasteiger partial charge in [0.2, 0.25) is 0 Å². The Labute approximate surface area is 80.6 Å². The standard InChI is InChI=1S/C8H14F3NO2/c1-4-7(2,3)12-6(13)14-5-8(9,10)11/h4-5H2,1-3H3,(H,12,13). The van der Waals surface area contributed by atoms with Crippen LogP contribution < -0.4 is 5.32 Å². The number of carbonyl (C=O) groups excluding carboxylic acids is 1. The van der Waals surface area contributed by atoms with Crippen molar-refractivity contribution in [3.05, 3.63) is 0 Å². The lowest BCUT2D eigenvalue weighted by atomic mass is 10.0. The molecule has 0 atom stereocenters. The largest absolute Gasteiger partial charge is 0.440 e. The minimum Gasteiger partial charge on any atom is -0.440 e. The normalized spacial score (nSPS) is 12.4. The molecule has 0 aromatic carbocycles. The summed E-state index contributed by atoms with van der Waals surface area (Å²) in [5.41, 5.74) is -0.553. The fourth-order valence-electron chi connectivity index (χ4n) is 0.548. The summed E-state index contributed by atoms with van der Waals surface area (Å²) >= 11 is 0. The van der Waals surface area contributed by atoms with Crippen molar-refractivity contribution < 1.29 is 22.7 Å². The monoisotopic (exact) mass is 213 g/mol. The van der Waals surface area contributed by atoms with Crippen LogP contribution in [0.15, 0.2) is 0 Å². The fraction of sp³-hybridized carbons (Fsp3) is 0.875. The molecule has 14 heavy (non-hydrogen) atoms. The summed E-state index contributed by atoms with van der Waals surface area (Å²) in [5.74, 6) is 0. The maximum Gasteiger partial charge on any atom is 0.422 e. The van der Waals surface area contributed by atoms with E-state index in [-0.39, 0.29) is 0 Å². The Morgan fingerprint density at radius 1 is 1.36 bits per heavy atom. The number of amides is 1. The number of halogens is 3. The summed E-state index contributed by atoms with van der Waals surface area (Å²) < 4.78 is 38.8. The third-order valence-corrected chi connectivity index (χ3v) is 1.69. The molecule has 3 nitrogen and oxygen atoms in total. The highest BCUT2D eigenvalue weighted by Crippen LogP contribution is 2.15. The van der Waals surface area contributed by atoms with E-state index in [1.165, 1.54) is 0 Å². The first-order valence-electron chi connectivity index (χ1n) is 4.18. The number of alkyl carbamates (subject to hydrolysis) is 1. The molecule has 1 amide bonds. The lowest BCUT2D eigenvalue weighted by Crippen LogP contribution is -2.43. The summed E-state index contributed by atoms with van der Waals surface area (Å²) in [6.45, 7) is 3.65. The van der Waals surface area contributed by atoms with Gasteiger partial charge in [-0.25, -0.2) is 4.79 Å². The number of rotatable bonds is 3. The number of alkyl halides is 3. The molecule has 0 fully saturated rings. The molecule has 0 spiro atoms. The van der Waals surface area contributed by atoms with Gasteiger partial charge < -0.3 is 10.1 Å². The van der Waals surface area contributed by atoms with E-state index in [1.54, 1.807) is 13.8 Å². The van der Waals surface area contributed by atoms with Crippen molar-refractivity contribution >= 4 is 6.09 Å². The van der Waals surface area contributed by atoms with Gasteiger partial charge in [-0.3, -0.25) is 0 Å². The Balaban J connectivity index is 3.89. The van der Waals surface area contributed by atoms with Gasteiger partial charge in [-0.05, 0) is 20.3 Å². The van der Waals surface area contributed by atoms with E-state index in [0.29, 0.717) is 6.42 Å². The molecule has 84 valence electrons. The summed E-state index contributed by atoms with van der Waals surface area (Å²) in [6.07, 6.45) is -4.92. The van der Waals surface area contributed by atoms with Gasteiger partial charge in [0, 0.05) is 5.54 Å². The molecule has 0 bridgehead atoms. The first-order chi connectivity index (χ1) is 6.16. The lowest BCUT2D eigenvalue weighted by molar-refractivity contribution is -0.160. The number of hydrogen-bond donors (Lipinski definition) is 1. The molecule has 0 rings (SSSR count). The molecule has 6 heteroatoms. The van der Waals surface area contributed by atoms with Crippen LogP contribution in [0.1, 0.15) is 27.2 Å². The molecule has 0 radical (unpaired) electrons. The highest BCUT2D eigenvalue weighted by molar-refractivity contribution is 5.68. The third kappa shape index (κ3) is 6.56. The molecule has 0 saturated heterocycles. The van der Waals surface area contributed by atoms with Crippen molar-refractivity contribution in [3.8, 4) is 0 Å². The van der Waals surface area contributed by atoms with Crippen LogP contribution in [0.25, 0.3) is 0 Å². The van der Waals surface area contributed by atoms with Gasteiger partial charge in [-0.2, -0.15) is 13.2 Å². The Kier molecular flexibility index (Phi) is 4.22. The Morgan fingerprint density at radius 2 is 1.86 bits per heavy atom. The van der Waals surface area contributed by atoms with Gasteiger partial charge in [0.1, 0.15) is 0 Å². The molecular formula is C8H14F3NO2. The van der Waals surface area contributed by atoms with E-state index in [0.717, 1.165) is 0 Å². The minimum absolute atomic E-state index is 0.553. The van der Waals surface area contributed by atoms with Crippen molar-refractivity contribution in [3.63, 3.8) is 0 Å². The number of hydrogen-bond acceptors (Lipinski definition) is 2. The van der Waals surface area contributed by atoms with Crippen LogP contribution in [0.3, 0.4) is 0 Å². The molecule has 0 aromatic rings. The second-order valence-electron chi connectivity index (χ2n) is 3.55. The smallest absolute Gasteiger partial charge is 0.422 e. The van der Waals surface area contributed by atoms with Gasteiger partial charge in [-0.1, -0.05) is 6.92 Å². The predicted octanol–water partition coefficient (Wildman–Crippen LogP) is 2.46. The molecule has 0 heterocycles. The Bertz CT molecular complexity index is 201. The SMILES string of the molecule is CCC(C)(C)NC(=O)OCC(F)(F)F. The predicted molar refractivity (Wildman–Crippen MR) is 44.9 cm³/mol. The summed E-state index contributed by atoms with van der Waals surface area (Å²) in [7, 11) is 0. The summed E-state index contributed by atoms with van der Waals surface area (Å²) in [6, 6.07) is 0. The third-order valence-electron chi connectivity index (χ3n) is 1.69. The van der Waals surface area contributed by atoms with Crippen molar-refractivity contribution in [1.29, 1.82) is 0 Å². The maximum absolute atomic E-state index is 11.6. The molecule has 0 saturated carbocycles. The zero-order valence-corrected chi connectivity index (χ0v) is 8.36. The van der Waals surface area contributed by atoms with E-state index in [1.807, 2.05) is 6.92 Å². The van der Waals surface area contributed by atoms with Gasteiger partial charge in [0.05, 0.1) is 0 Å². The van der Waals surface area contributed by atoms with Crippen LogP contribution in [0, 0.1) is 0 Å². The van der Waals surface area contributed by atoms with Crippen LogP contribution in [0.2, 0.25) is 0 Å². The molecule has 0 aliphatic rings. The quantitative estimate of drug-likeness (QED) is 0.782. The van der Waals surface area contributed by atoms with Gasteiger partial charge in [0.25, 0.3) is 0 Å². The average molecular weight is 213 g/mol. The minimum atomic E-state index is -4.48. The lowest BCUT2D eigenvalue weighted by Gasteiger charge is -2.23. The van der Waals surface area contributed by atoms with E-state index in [2.05, 4.69) is 10.1 Å². The Morgan fingerprint density at radius 3 is 2.21 bits per heavy atom. The number of ether oxygens (including phenoxy) is 1. The molecule has 1 N–H and O–H groups in total. The van der Waals surface area contributed by atoms with Crippen LogP contribution in [0.4, 0.5) is 18.0 Å². The topological polar surface area (TPSA) is 38.3 Å². The molecule has 0 aliphatic carbocycles. The highest BCUT2D eigenvalue weighted by atomic mass is 19.4. The first kappa shape index (κ1) is 13.1. The summed E-state index contributed by atoms with van der Waals surface area (Å²) in [5, 5.41) is 2.32. The maximum atomic E-state index is 11.6. The van der Waals surface area contributed by atoms with Crippen molar-refractivity contribution in [1.82, 2.24) is 5.32 Å². The van der Waals surface area contributed by atoms with Gasteiger partial charge >= 0.3 is 12.3 Å². The van der Waals surface area contributed by atoms with Crippen molar-refractivity contribution in [2.45, 2.75) is 38.9 Å². The molecular weight excluding hydrogens is 199 g/mol. The van der Waals surface area contributed by atoms with E-state index >= 15 is 0 Å². The van der Waals surface area contributed by atoms with Crippen LogP contribution in [-0.2, 0) is 4.74 Å². The van der Waals surface area contributed by atoms with E-state index < -0.39 is 24.4 Å². The zero-order valence-electron chi connectivity index (χ0n) is 8.36. The first-order valence-corrected chi connectivity index (χ1v) is 4.18. The second-order valence-corrected chi connectivity index (χ2v) is 3.55. The second kappa shape index (κ2) is 4.52. The van der Waals surface area contributed by atoms with Crippen LogP contribution in [0.5, 0.6) is 0 Å².